The van der Waals surface area contributed by atoms with E-state index in [1.54, 1.807) is 109 Å². The second kappa shape index (κ2) is 33.0. The maximum atomic E-state index is 13.6. The van der Waals surface area contributed by atoms with Gasteiger partial charge >= 0.3 is 12.2 Å². The SMILES string of the molecule is N[C@H]1CCC[C@@H](Nc2ncc(Cl)c(-c3cn(S(=O)(=O)c4ccccc4)c4ccccc34)n2)C1.O=C(OCC(Cl)(Cl)Cl)N1CCC(CN[C@H]2CCC[C@@H](Nc3ncc(Cl)c(-c4cn(S(=O)(=O)c5ccccc5)c5ccccc45)n3)C2)CC1.O=CC1CCN(C(=O)OCC(Cl)(Cl)Cl)CC1. The topological polar surface area (TPSA) is 268 Å². The second-order valence-corrected chi connectivity index (χ2v) is 33.7. The number of nitrogens with two attached hydrogens (primary N) is 1. The molecule has 0 bridgehead atoms. The average Bonchev–Trinajstić information content (AvgIpc) is 1.62. The molecular weight excluding hydrogens is 1450 g/mol. The number of carbonyl (C=O) groups excluding carboxylic acids is 3. The number of hydrogen-bond donors (Lipinski definition) is 4. The summed E-state index contributed by atoms with van der Waals surface area (Å²) in [5.41, 5.74) is 9.37. The lowest BCUT2D eigenvalue weighted by Gasteiger charge is -2.34. The van der Waals surface area contributed by atoms with Gasteiger partial charge in [0.1, 0.15) is 19.5 Å². The smallest absolute Gasteiger partial charge is 0.409 e. The van der Waals surface area contributed by atoms with Crippen molar-refractivity contribution in [2.45, 2.75) is 119 Å². The Labute approximate surface area is 603 Å². The number of amides is 2. The molecule has 6 heterocycles. The number of ether oxygens (including phenoxy) is 2. The van der Waals surface area contributed by atoms with Gasteiger partial charge in [-0.1, -0.05) is 166 Å². The van der Waals surface area contributed by atoms with Gasteiger partial charge in [-0.3, -0.25) is 0 Å². The number of aromatic nitrogens is 6. The quantitative estimate of drug-likeness (QED) is 0.0517. The molecule has 0 radical (unpaired) electrons. The summed E-state index contributed by atoms with van der Waals surface area (Å²) < 4.78 is 63.4. The third-order valence-corrected chi connectivity index (χ3v) is 21.9. The van der Waals surface area contributed by atoms with Gasteiger partial charge in [0.2, 0.25) is 19.5 Å². The first-order valence-electron chi connectivity index (χ1n) is 31.6. The molecule has 4 aromatic carbocycles. The molecule has 8 aromatic rings. The van der Waals surface area contributed by atoms with Gasteiger partial charge in [-0.15, -0.1) is 0 Å². The van der Waals surface area contributed by atoms with E-state index < -0.39 is 39.8 Å². The molecule has 4 aromatic heterocycles. The fourth-order valence-electron chi connectivity index (χ4n) is 12.3. The highest BCUT2D eigenvalue weighted by molar-refractivity contribution is 7.90. The van der Waals surface area contributed by atoms with Crippen molar-refractivity contribution in [2.24, 2.45) is 17.6 Å². The Kier molecular flexibility index (Phi) is 25.1. The summed E-state index contributed by atoms with van der Waals surface area (Å²) in [6.45, 7) is 2.53. The molecule has 21 nitrogen and oxygen atoms in total. The molecule has 2 saturated carbocycles. The molecule has 2 aliphatic heterocycles. The monoisotopic (exact) mass is 1520 g/mol. The van der Waals surface area contributed by atoms with E-state index in [9.17, 15) is 31.2 Å². The number of carbonyl (C=O) groups is 3. The summed E-state index contributed by atoms with van der Waals surface area (Å²) in [6.07, 6.45) is 17.2. The fourth-order valence-corrected chi connectivity index (χ4v) is 15.8. The number of benzene rings is 4. The Hall–Kier alpha value is -5.93. The standard InChI is InChI=1S/C33H36Cl4N6O4S.C24H24ClN5O2S.C9H12Cl3NO3/c34-28-19-39-31(41-30(28)27-20-43(29-12-5-4-11-26(27)29)48(45,46)25-9-2-1-3-10-25)40-24-8-6-7-23(17-24)38-18-22-13-15-42(16-14-22)32(44)47-21-33(35,36)37;25-21-14-27-24(28-17-8-6-7-16(26)13-17)29-23(21)20-15-30(22-12-5-4-11-19(20)22)33(31,32)18-9-2-1-3-10-18;10-9(11,12)6-16-8(15)13-3-1-7(5-14)2-4-13/h1-5,9-12,19-20,22-24,38H,6-8,13-18,21H2,(H,39,40,41);1-5,9-12,14-17H,6-8,13,26H2,(H,27,28,29);5,7H,1-4,6H2/t23-,24+;16-,17+;/m00./s1. The molecule has 4 aliphatic rings. The van der Waals surface area contributed by atoms with E-state index in [1.165, 1.54) is 12.8 Å². The Morgan fingerprint density at radius 3 is 1.41 bits per heavy atom. The van der Waals surface area contributed by atoms with Crippen molar-refractivity contribution in [1.29, 1.82) is 0 Å². The molecule has 4 atom stereocenters. The van der Waals surface area contributed by atoms with Gasteiger partial charge in [0.15, 0.2) is 0 Å². The average molecular weight is 1530 g/mol. The number of nitrogens with zero attached hydrogens (tertiary/aromatic N) is 8. The number of anilines is 2. The van der Waals surface area contributed by atoms with Crippen LogP contribution in [0.4, 0.5) is 21.5 Å². The molecule has 31 heteroatoms. The number of fused-ring (bicyclic) bond motifs is 2. The minimum Gasteiger partial charge on any atom is -0.445 e. The number of halogens is 8. The predicted octanol–water partition coefficient (Wildman–Crippen LogP) is 14.6. The number of likely N-dealkylation sites (tertiary alicyclic amines) is 2. The third kappa shape index (κ3) is 19.5. The summed E-state index contributed by atoms with van der Waals surface area (Å²) in [7, 11) is -7.66. The number of nitrogens with one attached hydrogen (secondary N) is 3. The van der Waals surface area contributed by atoms with E-state index in [1.807, 2.05) is 30.3 Å². The van der Waals surface area contributed by atoms with Crippen LogP contribution in [0.1, 0.15) is 77.0 Å². The maximum Gasteiger partial charge on any atom is 0.409 e. The zero-order valence-corrected chi connectivity index (χ0v) is 60.0. The zero-order chi connectivity index (χ0) is 69.1. The van der Waals surface area contributed by atoms with Crippen LogP contribution in [0.25, 0.3) is 44.3 Å². The van der Waals surface area contributed by atoms with Gasteiger partial charge < -0.3 is 45.8 Å². The number of hydrogen-bond acceptors (Lipinski definition) is 17. The van der Waals surface area contributed by atoms with Gasteiger partial charge in [0.05, 0.1) is 54.7 Å². The van der Waals surface area contributed by atoms with Gasteiger partial charge in [0, 0.05) is 90.6 Å². The van der Waals surface area contributed by atoms with Gasteiger partial charge in [-0.25, -0.2) is 54.3 Å². The van der Waals surface area contributed by atoms with Gasteiger partial charge in [-0.2, -0.15) is 0 Å². The van der Waals surface area contributed by atoms with Crippen molar-refractivity contribution < 1.29 is 40.7 Å². The van der Waals surface area contributed by atoms with Gasteiger partial charge in [0.25, 0.3) is 20.0 Å². The molecule has 2 amide bonds. The Morgan fingerprint density at radius 1 is 0.557 bits per heavy atom. The lowest BCUT2D eigenvalue weighted by molar-refractivity contribution is -0.112. The van der Waals surface area contributed by atoms with Crippen LogP contribution >= 0.6 is 92.8 Å². The number of aldehydes is 1. The number of para-hydroxylation sites is 2. The zero-order valence-electron chi connectivity index (χ0n) is 52.3. The molecule has 12 rings (SSSR count). The van der Waals surface area contributed by atoms with E-state index in [-0.39, 0.29) is 47.0 Å². The highest BCUT2D eigenvalue weighted by Crippen LogP contribution is 2.39. The Bertz CT molecular complexity index is 4250. The third-order valence-electron chi connectivity index (χ3n) is 17.3. The lowest BCUT2D eigenvalue weighted by Crippen LogP contribution is -2.44. The van der Waals surface area contributed by atoms with Crippen molar-refractivity contribution in [3.63, 3.8) is 0 Å². The summed E-state index contributed by atoms with van der Waals surface area (Å²) >= 11 is 46.6. The van der Waals surface area contributed by atoms with Gasteiger partial charge in [-0.05, 0) is 126 Å². The van der Waals surface area contributed by atoms with E-state index in [0.717, 1.165) is 87.8 Å². The normalized spacial score (nSPS) is 19.1. The minimum atomic E-state index is -3.86. The minimum absolute atomic E-state index is 0.0391. The van der Waals surface area contributed by atoms with E-state index in [2.05, 4.69) is 30.9 Å². The first-order chi connectivity index (χ1) is 46.3. The molecule has 4 fully saturated rings. The predicted molar refractivity (Wildman–Crippen MR) is 383 cm³/mol. The van der Waals surface area contributed by atoms with Crippen molar-refractivity contribution in [2.75, 3.05) is 56.6 Å². The largest absolute Gasteiger partial charge is 0.445 e. The molecule has 97 heavy (non-hydrogen) atoms. The fraction of sp³-hybridized carbons (Fsp3) is 0.409. The maximum absolute atomic E-state index is 13.6. The van der Waals surface area contributed by atoms with Crippen LogP contribution in [0.15, 0.2) is 144 Å². The molecule has 0 spiro atoms. The Morgan fingerprint density at radius 2 is 0.969 bits per heavy atom. The molecule has 2 saturated heterocycles. The van der Waals surface area contributed by atoms with Crippen LogP contribution in [0, 0.1) is 11.8 Å². The van der Waals surface area contributed by atoms with Crippen molar-refractivity contribution >= 4 is 165 Å². The van der Waals surface area contributed by atoms with Crippen LogP contribution in [0.3, 0.4) is 0 Å². The number of piperidine rings is 2. The first kappa shape index (κ1) is 73.8. The summed E-state index contributed by atoms with van der Waals surface area (Å²) in [6, 6.07) is 32.2. The van der Waals surface area contributed by atoms with Crippen LogP contribution in [-0.2, 0) is 34.3 Å². The molecule has 5 N–H and O–H groups in total. The summed E-state index contributed by atoms with van der Waals surface area (Å²) in [4.78, 5) is 56.1. The second-order valence-electron chi connectivity index (χ2n) is 24.2. The number of alkyl halides is 6. The van der Waals surface area contributed by atoms with Crippen LogP contribution in [-0.4, -0.2) is 151 Å². The van der Waals surface area contributed by atoms with Crippen LogP contribution in [0.2, 0.25) is 10.0 Å². The summed E-state index contributed by atoms with van der Waals surface area (Å²) in [5, 5.41) is 12.8. The first-order valence-corrected chi connectivity index (χ1v) is 37.6. The van der Waals surface area contributed by atoms with E-state index in [0.29, 0.717) is 106 Å². The highest BCUT2D eigenvalue weighted by Gasteiger charge is 2.32. The molecular formula is C66H72Cl8N12O9S2. The number of rotatable bonds is 16. The summed E-state index contributed by atoms with van der Waals surface area (Å²) in [5.74, 6) is 1.39. The Balaban J connectivity index is 0.000000179. The van der Waals surface area contributed by atoms with E-state index in [4.69, 9.17) is 113 Å². The molecule has 0 unspecified atom stereocenters. The van der Waals surface area contributed by atoms with E-state index >= 15 is 0 Å². The van der Waals surface area contributed by atoms with Crippen molar-refractivity contribution in [1.82, 2.24) is 43.0 Å². The lowest BCUT2D eigenvalue weighted by atomic mass is 9.90. The van der Waals surface area contributed by atoms with Crippen LogP contribution < -0.4 is 21.7 Å². The highest BCUT2D eigenvalue weighted by atomic mass is 35.6. The molecule has 2 aliphatic carbocycles. The van der Waals surface area contributed by atoms with Crippen molar-refractivity contribution in [3.05, 3.63) is 144 Å². The van der Waals surface area contributed by atoms with Crippen molar-refractivity contribution in [3.8, 4) is 22.5 Å². The van der Waals surface area contributed by atoms with Crippen LogP contribution in [0.5, 0.6) is 0 Å². The molecule has 518 valence electrons.